The van der Waals surface area contributed by atoms with Crippen LogP contribution < -0.4 is 88.0 Å². The van der Waals surface area contributed by atoms with Crippen molar-refractivity contribution in [2.45, 2.75) is 210 Å². The molecule has 91 heavy (non-hydrogen) atoms. The fourth-order valence-electron chi connectivity index (χ4n) is 9.05. The molecule has 0 bridgehead atoms. The minimum Gasteiger partial charge on any atom is -0.481 e. The first-order valence-corrected chi connectivity index (χ1v) is 30.5. The van der Waals surface area contributed by atoms with Crippen LogP contribution >= 0.6 is 0 Å². The van der Waals surface area contributed by atoms with Crippen LogP contribution in [-0.4, -0.2) is 195 Å². The Kier molecular flexibility index (Phi) is 38.9. The third kappa shape index (κ3) is 33.7. The maximum Gasteiger partial charge on any atom is 0.326 e. The molecule has 1 aromatic heterocycles. The van der Waals surface area contributed by atoms with Gasteiger partial charge in [0.15, 0.2) is 5.96 Å². The predicted molar refractivity (Wildman–Crippen MR) is 330 cm³/mol. The second-order valence-corrected chi connectivity index (χ2v) is 22.7. The fourth-order valence-corrected chi connectivity index (χ4v) is 9.05. The van der Waals surface area contributed by atoms with Crippen LogP contribution in [0.4, 0.5) is 0 Å². The quantitative estimate of drug-likeness (QED) is 0.0165. The van der Waals surface area contributed by atoms with E-state index < -0.39 is 188 Å². The number of aliphatic imine (C=N–C) groups is 1. The first-order chi connectivity index (χ1) is 42.9. The van der Waals surface area contributed by atoms with Crippen molar-refractivity contribution < 1.29 is 77.6 Å². The SMILES string of the molecule is CC(C)C[C@H](NC(=O)[C@H](CCC(=O)O)NC(=O)[C@H](CCCCN)NC(=O)[C@H](CCC(N)=O)NC(=O)[C@H](Cc1cnc[nH]1)NC(=O)[C@H](CCC(=O)O)NC(=O)[C@H](CCCCN)NC(=O)[C@H](CCCCN)NC(=O)[C@@H](NC(=O)[C@@H](N)CCCN=C(N)N)C(C)C)C(=O)O. The summed E-state index contributed by atoms with van der Waals surface area (Å²) < 4.78 is 0. The number of hydrogen-bond donors (Lipinski definition) is 20. The average Bonchev–Trinajstić information content (AvgIpc) is 2.04. The number of amides is 10. The molecule has 0 saturated heterocycles. The Bertz CT molecular complexity index is 2550. The van der Waals surface area contributed by atoms with Crippen molar-refractivity contribution >= 4 is 82.9 Å². The number of nitrogens with two attached hydrogens (primary N) is 7. The molecule has 0 aliphatic heterocycles. The zero-order chi connectivity index (χ0) is 68.8. The standard InChI is InChI=1S/C56H99N19O16/c1-30(2)26-41(55(90)91)74-52(87)39(18-21-44(79)80)70-48(83)35(14-6-9-23-58)68-50(85)37(16-19-42(61)76)71-53(88)40(27-32-28-64-29-66-32)73-51(86)38(17-20-43(77)78)69-47(82)34(13-5-8-22-57)67-49(84)36(15-7-10-24-59)72-54(89)45(31(3)4)75-46(81)33(60)12-11-25-65-56(62)63/h28-31,33-41,45H,5-27,57-60H2,1-4H3,(H2,61,76)(H,64,66)(H,67,84)(H,68,85)(H,69,82)(H,70,83)(H,71,88)(H,72,89)(H,73,86)(H,74,87)(H,75,81)(H,77,78)(H,79,80)(H,90,91)(H4,62,63,65)/t33-,34-,35-,36-,37-,38-,39-,40-,41-,45-/m0/s1. The lowest BCUT2D eigenvalue weighted by atomic mass is 10.0. The van der Waals surface area contributed by atoms with Crippen LogP contribution in [0.3, 0.4) is 0 Å². The monoisotopic (exact) mass is 1290 g/mol. The summed E-state index contributed by atoms with van der Waals surface area (Å²) in [5.74, 6) is -14.5. The largest absolute Gasteiger partial charge is 0.481 e. The van der Waals surface area contributed by atoms with Crippen LogP contribution in [-0.2, 0) is 68.7 Å². The van der Waals surface area contributed by atoms with Gasteiger partial charge in [0.05, 0.1) is 12.4 Å². The van der Waals surface area contributed by atoms with Gasteiger partial charge in [0.1, 0.15) is 54.4 Å². The maximum absolute atomic E-state index is 14.5. The minimum atomic E-state index is -1.74. The van der Waals surface area contributed by atoms with E-state index in [1.54, 1.807) is 27.7 Å². The number of aliphatic carboxylic acids is 3. The van der Waals surface area contributed by atoms with Crippen LogP contribution in [0.2, 0.25) is 0 Å². The van der Waals surface area contributed by atoms with Crippen molar-refractivity contribution in [1.29, 1.82) is 0 Å². The van der Waals surface area contributed by atoms with E-state index >= 15 is 0 Å². The van der Waals surface area contributed by atoms with Gasteiger partial charge in [-0.05, 0) is 128 Å². The summed E-state index contributed by atoms with van der Waals surface area (Å²) >= 11 is 0. The molecule has 1 aromatic rings. The molecule has 35 nitrogen and oxygen atoms in total. The van der Waals surface area contributed by atoms with Crippen molar-refractivity contribution in [1.82, 2.24) is 57.8 Å². The minimum absolute atomic E-state index is 0.0138. The van der Waals surface area contributed by atoms with E-state index in [0.717, 1.165) is 0 Å². The topological polar surface area (TPSA) is 614 Å². The first kappa shape index (κ1) is 80.4. The highest BCUT2D eigenvalue weighted by atomic mass is 16.4. The number of carbonyl (C=O) groups excluding carboxylic acids is 10. The molecule has 0 aliphatic carbocycles. The van der Waals surface area contributed by atoms with Crippen LogP contribution in [0.5, 0.6) is 0 Å². The molecular weight excluding hydrogens is 1190 g/mol. The number of guanidine groups is 1. The van der Waals surface area contributed by atoms with Gasteiger partial charge in [-0.3, -0.25) is 62.5 Å². The molecule has 0 unspecified atom stereocenters. The average molecular weight is 1290 g/mol. The number of carboxylic acid groups (broad SMARTS) is 3. The van der Waals surface area contributed by atoms with E-state index in [0.29, 0.717) is 32.1 Å². The summed E-state index contributed by atoms with van der Waals surface area (Å²) in [6.45, 7) is 7.49. The Hall–Kier alpha value is -8.57. The van der Waals surface area contributed by atoms with Gasteiger partial charge in [-0.15, -0.1) is 0 Å². The molecule has 514 valence electrons. The number of H-pyrrole nitrogens is 1. The zero-order valence-electron chi connectivity index (χ0n) is 52.4. The highest BCUT2D eigenvalue weighted by Gasteiger charge is 2.37. The summed E-state index contributed by atoms with van der Waals surface area (Å²) in [6.07, 6.45) is 0.868. The van der Waals surface area contributed by atoms with Crippen LogP contribution in [0, 0.1) is 11.8 Å². The predicted octanol–water partition coefficient (Wildman–Crippen LogP) is -5.13. The number of nitrogens with zero attached hydrogens (tertiary/aromatic N) is 2. The molecule has 0 aromatic carbocycles. The van der Waals surface area contributed by atoms with Gasteiger partial charge in [-0.1, -0.05) is 27.7 Å². The molecule has 0 fully saturated rings. The Balaban J connectivity index is 3.71. The van der Waals surface area contributed by atoms with Crippen LogP contribution in [0.15, 0.2) is 17.5 Å². The van der Waals surface area contributed by atoms with E-state index in [1.807, 2.05) is 0 Å². The normalized spacial score (nSPS) is 14.4. The van der Waals surface area contributed by atoms with Gasteiger partial charge in [0.25, 0.3) is 0 Å². The molecule has 0 aliphatic rings. The number of hydrogen-bond acceptors (Lipinski definition) is 19. The lowest BCUT2D eigenvalue weighted by Crippen LogP contribution is -2.61. The molecular formula is C56H99N19O16. The number of carbonyl (C=O) groups is 13. The molecule has 0 saturated carbocycles. The van der Waals surface area contributed by atoms with Gasteiger partial charge in [-0.25, -0.2) is 9.78 Å². The van der Waals surface area contributed by atoms with Crippen LogP contribution in [0.1, 0.15) is 149 Å². The summed E-state index contributed by atoms with van der Waals surface area (Å²) in [6, 6.07) is -14.7. The lowest BCUT2D eigenvalue weighted by molar-refractivity contribution is -0.143. The van der Waals surface area contributed by atoms with E-state index in [-0.39, 0.29) is 88.7 Å². The van der Waals surface area contributed by atoms with Crippen molar-refractivity contribution in [2.24, 2.45) is 57.0 Å². The molecule has 27 N–H and O–H groups in total. The van der Waals surface area contributed by atoms with Gasteiger partial charge >= 0.3 is 17.9 Å². The van der Waals surface area contributed by atoms with Gasteiger partial charge < -0.3 is 108 Å². The lowest BCUT2D eigenvalue weighted by Gasteiger charge is -2.29. The van der Waals surface area contributed by atoms with Crippen LogP contribution in [0.25, 0.3) is 0 Å². The van der Waals surface area contributed by atoms with E-state index in [2.05, 4.69) is 62.8 Å². The third-order valence-corrected chi connectivity index (χ3v) is 14.1. The van der Waals surface area contributed by atoms with Gasteiger partial charge in [0.2, 0.25) is 59.1 Å². The second-order valence-electron chi connectivity index (χ2n) is 22.7. The number of imidazole rings is 1. The Morgan fingerprint density at radius 1 is 0.473 bits per heavy atom. The summed E-state index contributed by atoms with van der Waals surface area (Å²) in [5.41, 5.74) is 39.8. The Morgan fingerprint density at radius 3 is 1.19 bits per heavy atom. The Labute approximate surface area is 528 Å². The maximum atomic E-state index is 14.5. The fraction of sp³-hybridized carbons (Fsp3) is 0.696. The van der Waals surface area contributed by atoms with Crippen molar-refractivity contribution in [3.8, 4) is 0 Å². The van der Waals surface area contributed by atoms with E-state index in [4.69, 9.17) is 40.1 Å². The molecule has 0 spiro atoms. The number of unbranched alkanes of at least 4 members (excludes halogenated alkanes) is 3. The first-order valence-electron chi connectivity index (χ1n) is 30.5. The number of rotatable bonds is 49. The smallest absolute Gasteiger partial charge is 0.326 e. The number of primary amides is 1. The van der Waals surface area contributed by atoms with Crippen molar-refractivity contribution in [3.63, 3.8) is 0 Å². The second kappa shape index (κ2) is 44.0. The third-order valence-electron chi connectivity index (χ3n) is 14.1. The summed E-state index contributed by atoms with van der Waals surface area (Å²) in [7, 11) is 0. The number of aromatic nitrogens is 2. The zero-order valence-corrected chi connectivity index (χ0v) is 52.4. The highest BCUT2D eigenvalue weighted by Crippen LogP contribution is 2.14. The molecule has 1 rings (SSSR count). The van der Waals surface area contributed by atoms with E-state index in [9.17, 15) is 77.6 Å². The number of aromatic amines is 1. The molecule has 0 radical (unpaired) electrons. The molecule has 1 heterocycles. The van der Waals surface area contributed by atoms with Crippen molar-refractivity contribution in [2.75, 3.05) is 26.2 Å². The van der Waals surface area contributed by atoms with Crippen molar-refractivity contribution in [3.05, 3.63) is 18.2 Å². The number of nitrogens with one attached hydrogen (secondary N) is 10. The Morgan fingerprint density at radius 2 is 0.846 bits per heavy atom. The molecule has 10 atom stereocenters. The van der Waals surface area contributed by atoms with Gasteiger partial charge in [-0.2, -0.15) is 0 Å². The van der Waals surface area contributed by atoms with E-state index in [1.165, 1.54) is 12.5 Å². The molecule has 10 amide bonds. The highest BCUT2D eigenvalue weighted by molar-refractivity contribution is 5.99. The molecule has 35 heteroatoms. The van der Waals surface area contributed by atoms with Gasteiger partial charge in [0, 0.05) is 44.1 Å². The summed E-state index contributed by atoms with van der Waals surface area (Å²) in [4.78, 5) is 185. The summed E-state index contributed by atoms with van der Waals surface area (Å²) in [5, 5.41) is 51.6. The number of carboxylic acids is 3.